The number of nitrogens with one attached hydrogen (secondary N) is 1. The van der Waals surface area contributed by atoms with Gasteiger partial charge in [-0.15, -0.1) is 0 Å². The van der Waals surface area contributed by atoms with E-state index in [-0.39, 0.29) is 11.5 Å². The lowest BCUT2D eigenvalue weighted by atomic mass is 9.95. The molecule has 8 heteroatoms. The summed E-state index contributed by atoms with van der Waals surface area (Å²) < 4.78 is 9.22. The van der Waals surface area contributed by atoms with Gasteiger partial charge in [0.05, 0.1) is 7.11 Å². The highest BCUT2D eigenvalue weighted by molar-refractivity contribution is 5.98. The Labute approximate surface area is 164 Å². The van der Waals surface area contributed by atoms with Gasteiger partial charge < -0.3 is 24.1 Å². The number of imidazole rings is 1. The van der Waals surface area contributed by atoms with E-state index in [1.807, 2.05) is 24.3 Å². The number of hydrogen-bond acceptors (Lipinski definition) is 5. The number of aromatic nitrogens is 3. The Kier molecular flexibility index (Phi) is 5.21. The summed E-state index contributed by atoms with van der Waals surface area (Å²) in [5.41, 5.74) is 1.22. The first-order valence-corrected chi connectivity index (χ1v) is 9.88. The third-order valence-electron chi connectivity index (χ3n) is 5.87. The molecule has 1 fully saturated rings. The van der Waals surface area contributed by atoms with Crippen LogP contribution in [0, 0.1) is 0 Å². The Morgan fingerprint density at radius 1 is 1.25 bits per heavy atom. The van der Waals surface area contributed by atoms with Crippen molar-refractivity contribution in [1.29, 1.82) is 0 Å². The smallest absolute Gasteiger partial charge is 0.259 e. The molecule has 150 valence electrons. The number of piperidine rings is 1. The van der Waals surface area contributed by atoms with E-state index in [4.69, 9.17) is 4.74 Å². The van der Waals surface area contributed by atoms with Crippen LogP contribution in [0.3, 0.4) is 0 Å². The van der Waals surface area contributed by atoms with Gasteiger partial charge in [0.2, 0.25) is 0 Å². The van der Waals surface area contributed by atoms with Crippen molar-refractivity contribution in [1.82, 2.24) is 24.3 Å². The maximum Gasteiger partial charge on any atom is 0.259 e. The van der Waals surface area contributed by atoms with Crippen LogP contribution in [-0.2, 0) is 20.0 Å². The Hall–Kier alpha value is -2.61. The molecular weight excluding hydrogens is 358 g/mol. The van der Waals surface area contributed by atoms with E-state index in [1.165, 1.54) is 13.2 Å². The average molecular weight is 385 g/mol. The number of aryl methyl sites for hydroxylation is 1. The van der Waals surface area contributed by atoms with E-state index in [0.717, 1.165) is 37.4 Å². The van der Waals surface area contributed by atoms with Crippen LogP contribution in [0.2, 0.25) is 0 Å². The average Bonchev–Trinajstić information content (AvgIpc) is 2.98. The minimum Gasteiger partial charge on any atom is -0.496 e. The lowest BCUT2D eigenvalue weighted by Gasteiger charge is -2.32. The largest absolute Gasteiger partial charge is 0.496 e. The third-order valence-corrected chi connectivity index (χ3v) is 5.87. The minimum absolute atomic E-state index is 0.0409. The number of methoxy groups -OCH3 is 1. The predicted molar refractivity (Wildman–Crippen MR) is 105 cm³/mol. The first kappa shape index (κ1) is 18.7. The molecule has 2 aliphatic heterocycles. The SMILES string of the molecule is COc1cc(=O)n2c(c1C(=O)N1CCC(c3nccn3C)CC1)CCNCC2. The quantitative estimate of drug-likeness (QED) is 0.844. The summed E-state index contributed by atoms with van der Waals surface area (Å²) in [6.07, 6.45) is 6.19. The van der Waals surface area contributed by atoms with Gasteiger partial charge in [-0.2, -0.15) is 0 Å². The van der Waals surface area contributed by atoms with Gasteiger partial charge in [0.25, 0.3) is 11.5 Å². The molecule has 0 aliphatic carbocycles. The number of pyridine rings is 1. The van der Waals surface area contributed by atoms with Crippen LogP contribution in [0.4, 0.5) is 0 Å². The fraction of sp³-hybridized carbons (Fsp3) is 0.550. The second kappa shape index (κ2) is 7.79. The number of likely N-dealkylation sites (tertiary alicyclic amines) is 1. The minimum atomic E-state index is -0.111. The second-order valence-corrected chi connectivity index (χ2v) is 7.49. The predicted octanol–water partition coefficient (Wildman–Crippen LogP) is 0.756. The zero-order valence-corrected chi connectivity index (χ0v) is 16.5. The fourth-order valence-corrected chi connectivity index (χ4v) is 4.36. The molecule has 0 saturated carbocycles. The van der Waals surface area contributed by atoms with Gasteiger partial charge in [0.15, 0.2) is 0 Å². The first-order valence-electron chi connectivity index (χ1n) is 9.88. The monoisotopic (exact) mass is 385 g/mol. The van der Waals surface area contributed by atoms with E-state index in [0.29, 0.717) is 43.3 Å². The molecule has 2 aromatic rings. The maximum absolute atomic E-state index is 13.4. The molecule has 1 N–H and O–H groups in total. The molecule has 0 spiro atoms. The number of carbonyl (C=O) groups is 1. The molecule has 0 atom stereocenters. The summed E-state index contributed by atoms with van der Waals surface area (Å²) in [7, 11) is 3.53. The highest BCUT2D eigenvalue weighted by Gasteiger charge is 2.31. The number of ether oxygens (including phenoxy) is 1. The Morgan fingerprint density at radius 3 is 2.71 bits per heavy atom. The molecule has 0 bridgehead atoms. The number of hydrogen-bond donors (Lipinski definition) is 1. The maximum atomic E-state index is 13.4. The summed E-state index contributed by atoms with van der Waals surface area (Å²) >= 11 is 0. The van der Waals surface area contributed by atoms with Gasteiger partial charge in [-0.25, -0.2) is 4.98 Å². The highest BCUT2D eigenvalue weighted by Crippen LogP contribution is 2.30. The summed E-state index contributed by atoms with van der Waals surface area (Å²) in [6.45, 7) is 3.39. The van der Waals surface area contributed by atoms with E-state index in [1.54, 1.807) is 4.57 Å². The number of rotatable bonds is 3. The zero-order chi connectivity index (χ0) is 19.7. The van der Waals surface area contributed by atoms with Crippen molar-refractivity contribution in [3.63, 3.8) is 0 Å². The van der Waals surface area contributed by atoms with Crippen molar-refractivity contribution in [3.8, 4) is 5.75 Å². The molecule has 2 aromatic heterocycles. The van der Waals surface area contributed by atoms with Crippen LogP contribution < -0.4 is 15.6 Å². The molecule has 2 aliphatic rings. The summed E-state index contributed by atoms with van der Waals surface area (Å²) in [6, 6.07) is 1.45. The molecule has 1 saturated heterocycles. The molecular formula is C20H27N5O3. The molecule has 0 aromatic carbocycles. The second-order valence-electron chi connectivity index (χ2n) is 7.49. The number of nitrogens with zero attached hydrogens (tertiary/aromatic N) is 4. The van der Waals surface area contributed by atoms with Gasteiger partial charge in [-0.3, -0.25) is 9.59 Å². The number of amides is 1. The van der Waals surface area contributed by atoms with E-state index < -0.39 is 0 Å². The number of carbonyl (C=O) groups excluding carboxylic acids is 1. The van der Waals surface area contributed by atoms with Gasteiger partial charge in [-0.05, 0) is 12.8 Å². The van der Waals surface area contributed by atoms with Gasteiger partial charge in [-0.1, -0.05) is 0 Å². The zero-order valence-electron chi connectivity index (χ0n) is 16.5. The van der Waals surface area contributed by atoms with E-state index >= 15 is 0 Å². The normalized spacial score (nSPS) is 17.9. The van der Waals surface area contributed by atoms with Crippen LogP contribution in [-0.4, -0.2) is 58.2 Å². The van der Waals surface area contributed by atoms with E-state index in [2.05, 4.69) is 14.9 Å². The first-order chi connectivity index (χ1) is 13.6. The van der Waals surface area contributed by atoms with Crippen LogP contribution >= 0.6 is 0 Å². The van der Waals surface area contributed by atoms with Gasteiger partial charge in [0, 0.05) is 76.3 Å². The van der Waals surface area contributed by atoms with Crippen LogP contribution in [0.5, 0.6) is 5.75 Å². The van der Waals surface area contributed by atoms with Crippen molar-refractivity contribution in [2.45, 2.75) is 31.7 Å². The molecule has 0 unspecified atom stereocenters. The Bertz CT molecular complexity index is 924. The van der Waals surface area contributed by atoms with Crippen molar-refractivity contribution >= 4 is 5.91 Å². The van der Waals surface area contributed by atoms with Crippen LogP contribution in [0.25, 0.3) is 0 Å². The Morgan fingerprint density at radius 2 is 2.04 bits per heavy atom. The summed E-state index contributed by atoms with van der Waals surface area (Å²) in [5, 5.41) is 3.30. The van der Waals surface area contributed by atoms with Crippen molar-refractivity contribution < 1.29 is 9.53 Å². The lowest BCUT2D eigenvalue weighted by molar-refractivity contribution is 0.0704. The standard InChI is InChI=1S/C20H27N5O3/c1-23-11-8-22-19(23)14-4-9-24(10-5-14)20(27)18-15-3-6-21-7-12-25(15)17(26)13-16(18)28-2/h8,11,13-14,21H,3-7,9-10,12H2,1-2H3. The molecule has 28 heavy (non-hydrogen) atoms. The molecule has 1 amide bonds. The summed E-state index contributed by atoms with van der Waals surface area (Å²) in [4.78, 5) is 32.3. The van der Waals surface area contributed by atoms with Crippen LogP contribution in [0.15, 0.2) is 23.3 Å². The van der Waals surface area contributed by atoms with Crippen LogP contribution in [0.1, 0.15) is 40.6 Å². The van der Waals surface area contributed by atoms with Crippen molar-refractivity contribution in [2.24, 2.45) is 7.05 Å². The van der Waals surface area contributed by atoms with Gasteiger partial charge in [0.1, 0.15) is 17.1 Å². The van der Waals surface area contributed by atoms with Gasteiger partial charge >= 0.3 is 0 Å². The number of fused-ring (bicyclic) bond motifs is 1. The molecule has 8 nitrogen and oxygen atoms in total. The fourth-order valence-electron chi connectivity index (χ4n) is 4.36. The molecule has 4 heterocycles. The van der Waals surface area contributed by atoms with Crippen molar-refractivity contribution in [3.05, 3.63) is 45.9 Å². The summed E-state index contributed by atoms with van der Waals surface area (Å²) in [5.74, 6) is 1.79. The molecule has 0 radical (unpaired) electrons. The highest BCUT2D eigenvalue weighted by atomic mass is 16.5. The third kappa shape index (κ3) is 3.32. The van der Waals surface area contributed by atoms with Crippen molar-refractivity contribution in [2.75, 3.05) is 33.3 Å². The Balaban J connectivity index is 1.60. The van der Waals surface area contributed by atoms with E-state index in [9.17, 15) is 9.59 Å². The topological polar surface area (TPSA) is 81.4 Å². The lowest BCUT2D eigenvalue weighted by Crippen LogP contribution is -2.40. The molecule has 4 rings (SSSR count).